The van der Waals surface area contributed by atoms with Crippen LogP contribution in [-0.4, -0.2) is 24.8 Å². The maximum atomic E-state index is 12.5. The number of hydrogen-bond acceptors (Lipinski definition) is 3. The van der Waals surface area contributed by atoms with Crippen LogP contribution in [0.5, 0.6) is 0 Å². The third-order valence-corrected chi connectivity index (χ3v) is 3.30. The number of anilines is 1. The summed E-state index contributed by atoms with van der Waals surface area (Å²) in [5.74, 6) is -1.00. The van der Waals surface area contributed by atoms with Gasteiger partial charge in [0, 0.05) is 25.2 Å². The van der Waals surface area contributed by atoms with E-state index in [0.29, 0.717) is 11.3 Å². The second kappa shape index (κ2) is 8.44. The highest BCUT2D eigenvalue weighted by Gasteiger charge is 2.12. The molecule has 3 amide bonds. The molecule has 2 aromatic rings. The first-order valence-electron chi connectivity index (χ1n) is 7.67. The topological polar surface area (TPSA) is 87.3 Å². The Kier molecular flexibility index (Phi) is 6.06. The van der Waals surface area contributed by atoms with Crippen molar-refractivity contribution in [2.45, 2.75) is 6.92 Å². The molecule has 0 saturated carbocycles. The molecule has 0 aliphatic carbocycles. The normalized spacial score (nSPS) is 10.7. The molecule has 2 aromatic carbocycles. The highest BCUT2D eigenvalue weighted by molar-refractivity contribution is 6.08. The van der Waals surface area contributed by atoms with Gasteiger partial charge in [-0.15, -0.1) is 0 Å². The van der Waals surface area contributed by atoms with Gasteiger partial charge in [0.05, 0.1) is 0 Å². The van der Waals surface area contributed by atoms with Crippen molar-refractivity contribution in [3.8, 4) is 0 Å². The molecule has 2 rings (SSSR count). The van der Waals surface area contributed by atoms with Crippen LogP contribution < -0.4 is 16.0 Å². The van der Waals surface area contributed by atoms with E-state index in [-0.39, 0.29) is 17.5 Å². The highest BCUT2D eigenvalue weighted by Crippen LogP contribution is 2.12. The Labute approximate surface area is 145 Å². The number of amides is 3. The fraction of sp³-hybridized carbons (Fsp3) is 0.105. The van der Waals surface area contributed by atoms with E-state index in [1.165, 1.54) is 6.92 Å². The number of rotatable bonds is 5. The van der Waals surface area contributed by atoms with Crippen molar-refractivity contribution in [3.63, 3.8) is 0 Å². The molecule has 25 heavy (non-hydrogen) atoms. The Balaban J connectivity index is 2.18. The molecule has 0 spiro atoms. The monoisotopic (exact) mass is 337 g/mol. The van der Waals surface area contributed by atoms with Crippen molar-refractivity contribution in [3.05, 3.63) is 71.4 Å². The molecule has 0 atom stereocenters. The lowest BCUT2D eigenvalue weighted by Crippen LogP contribution is -2.29. The second-order valence-corrected chi connectivity index (χ2v) is 5.26. The van der Waals surface area contributed by atoms with E-state index in [0.717, 1.165) is 5.56 Å². The van der Waals surface area contributed by atoms with E-state index in [1.807, 2.05) is 30.3 Å². The molecular formula is C19H19N3O3. The first-order chi connectivity index (χ1) is 12.0. The van der Waals surface area contributed by atoms with Crippen LogP contribution in [0.2, 0.25) is 0 Å². The predicted octanol–water partition coefficient (Wildman–Crippen LogP) is 2.16. The minimum Gasteiger partial charge on any atom is -0.355 e. The predicted molar refractivity (Wildman–Crippen MR) is 96.7 cm³/mol. The quantitative estimate of drug-likeness (QED) is 0.731. The molecule has 0 saturated heterocycles. The summed E-state index contributed by atoms with van der Waals surface area (Å²) < 4.78 is 0. The number of carbonyl (C=O) groups is 3. The molecule has 0 aromatic heterocycles. The van der Waals surface area contributed by atoms with E-state index >= 15 is 0 Å². The largest absolute Gasteiger partial charge is 0.355 e. The fourth-order valence-electron chi connectivity index (χ4n) is 2.11. The van der Waals surface area contributed by atoms with Gasteiger partial charge in [-0.1, -0.05) is 30.3 Å². The minimum absolute atomic E-state index is 0.133. The Morgan fingerprint density at radius 1 is 0.920 bits per heavy atom. The van der Waals surface area contributed by atoms with Gasteiger partial charge >= 0.3 is 0 Å². The lowest BCUT2D eigenvalue weighted by atomic mass is 10.1. The Bertz CT molecular complexity index is 796. The van der Waals surface area contributed by atoms with Gasteiger partial charge in [-0.3, -0.25) is 14.4 Å². The third-order valence-electron chi connectivity index (χ3n) is 3.30. The summed E-state index contributed by atoms with van der Waals surface area (Å²) in [6.45, 7) is 1.34. The summed E-state index contributed by atoms with van der Waals surface area (Å²) in [6.07, 6.45) is 1.59. The molecule has 6 heteroatoms. The molecule has 0 aliphatic heterocycles. The van der Waals surface area contributed by atoms with Gasteiger partial charge in [0.25, 0.3) is 11.8 Å². The van der Waals surface area contributed by atoms with Gasteiger partial charge < -0.3 is 16.0 Å². The van der Waals surface area contributed by atoms with Crippen LogP contribution in [0.15, 0.2) is 60.3 Å². The van der Waals surface area contributed by atoms with Crippen LogP contribution in [0.1, 0.15) is 22.8 Å². The number of benzene rings is 2. The van der Waals surface area contributed by atoms with Crippen LogP contribution in [0.25, 0.3) is 6.08 Å². The fourth-order valence-corrected chi connectivity index (χ4v) is 2.11. The smallest absolute Gasteiger partial charge is 0.272 e. The third kappa shape index (κ3) is 5.31. The van der Waals surface area contributed by atoms with Crippen LogP contribution in [-0.2, 0) is 9.59 Å². The zero-order valence-corrected chi connectivity index (χ0v) is 14.0. The SMILES string of the molecule is CNC(=O)c1ccc(NC(=O)/C(=C/c2ccccc2)NC(C)=O)cc1. The van der Waals surface area contributed by atoms with Crippen molar-refractivity contribution in [1.82, 2.24) is 10.6 Å². The van der Waals surface area contributed by atoms with Crippen molar-refractivity contribution in [2.24, 2.45) is 0 Å². The molecule has 3 N–H and O–H groups in total. The van der Waals surface area contributed by atoms with Gasteiger partial charge in [0.1, 0.15) is 5.70 Å². The molecular weight excluding hydrogens is 318 g/mol. The van der Waals surface area contributed by atoms with E-state index in [1.54, 1.807) is 37.4 Å². The molecule has 0 aliphatic rings. The van der Waals surface area contributed by atoms with E-state index in [2.05, 4.69) is 16.0 Å². The van der Waals surface area contributed by atoms with Gasteiger partial charge in [-0.2, -0.15) is 0 Å². The summed E-state index contributed by atoms with van der Waals surface area (Å²) in [7, 11) is 1.55. The van der Waals surface area contributed by atoms with E-state index < -0.39 is 5.91 Å². The number of carbonyl (C=O) groups excluding carboxylic acids is 3. The zero-order chi connectivity index (χ0) is 18.2. The molecule has 0 bridgehead atoms. The van der Waals surface area contributed by atoms with Crippen molar-refractivity contribution >= 4 is 29.5 Å². The van der Waals surface area contributed by atoms with Gasteiger partial charge in [0.15, 0.2) is 0 Å². The minimum atomic E-state index is -0.452. The molecule has 6 nitrogen and oxygen atoms in total. The lowest BCUT2D eigenvalue weighted by molar-refractivity contribution is -0.120. The Hall–Kier alpha value is -3.41. The molecule has 128 valence electrons. The van der Waals surface area contributed by atoms with Crippen LogP contribution in [0.4, 0.5) is 5.69 Å². The Morgan fingerprint density at radius 2 is 1.56 bits per heavy atom. The lowest BCUT2D eigenvalue weighted by Gasteiger charge is -2.10. The van der Waals surface area contributed by atoms with Crippen LogP contribution in [0, 0.1) is 0 Å². The average molecular weight is 337 g/mol. The standard InChI is InChI=1S/C19H19N3O3/c1-13(23)21-17(12-14-6-4-3-5-7-14)19(25)22-16-10-8-15(9-11-16)18(24)20-2/h3-12H,1-2H3,(H,20,24)(H,21,23)(H,22,25)/b17-12-. The number of hydrogen-bond donors (Lipinski definition) is 3. The molecule has 0 radical (unpaired) electrons. The summed E-state index contributed by atoms with van der Waals surface area (Å²) in [6, 6.07) is 15.6. The first-order valence-corrected chi connectivity index (χ1v) is 7.67. The van der Waals surface area contributed by atoms with Crippen molar-refractivity contribution < 1.29 is 14.4 Å². The van der Waals surface area contributed by atoms with Gasteiger partial charge in [-0.25, -0.2) is 0 Å². The second-order valence-electron chi connectivity index (χ2n) is 5.26. The van der Waals surface area contributed by atoms with E-state index in [4.69, 9.17) is 0 Å². The summed E-state index contributed by atoms with van der Waals surface area (Å²) >= 11 is 0. The average Bonchev–Trinajstić information content (AvgIpc) is 2.61. The molecule has 0 heterocycles. The highest BCUT2D eigenvalue weighted by atomic mass is 16.2. The summed E-state index contributed by atoms with van der Waals surface area (Å²) in [5.41, 5.74) is 1.93. The van der Waals surface area contributed by atoms with Crippen LogP contribution in [0.3, 0.4) is 0 Å². The zero-order valence-electron chi connectivity index (χ0n) is 14.0. The molecule has 0 fully saturated rings. The number of nitrogens with one attached hydrogen (secondary N) is 3. The van der Waals surface area contributed by atoms with Gasteiger partial charge in [-0.05, 0) is 35.9 Å². The maximum Gasteiger partial charge on any atom is 0.272 e. The first kappa shape index (κ1) is 17.9. The summed E-state index contributed by atoms with van der Waals surface area (Å²) in [4.78, 5) is 35.4. The van der Waals surface area contributed by atoms with E-state index in [9.17, 15) is 14.4 Å². The molecule has 0 unspecified atom stereocenters. The summed E-state index contributed by atoms with van der Waals surface area (Å²) in [5, 5.41) is 7.76. The maximum absolute atomic E-state index is 12.5. The van der Waals surface area contributed by atoms with Gasteiger partial charge in [0.2, 0.25) is 5.91 Å². The van der Waals surface area contributed by atoms with Crippen molar-refractivity contribution in [2.75, 3.05) is 12.4 Å². The Morgan fingerprint density at radius 3 is 2.12 bits per heavy atom. The van der Waals surface area contributed by atoms with Crippen LogP contribution >= 0.6 is 0 Å². The van der Waals surface area contributed by atoms with Crippen molar-refractivity contribution in [1.29, 1.82) is 0 Å².